The van der Waals surface area contributed by atoms with Gasteiger partial charge in [0.2, 0.25) is 5.95 Å². The van der Waals surface area contributed by atoms with Crippen LogP contribution in [0.3, 0.4) is 0 Å². The third kappa shape index (κ3) is 3.44. The van der Waals surface area contributed by atoms with Gasteiger partial charge in [0.25, 0.3) is 0 Å². The second-order valence-corrected chi connectivity index (χ2v) is 8.03. The molecule has 2 unspecified atom stereocenters. The van der Waals surface area contributed by atoms with E-state index in [9.17, 15) is 0 Å². The Balaban J connectivity index is 1.61. The minimum atomic E-state index is -2.43. The van der Waals surface area contributed by atoms with Gasteiger partial charge in [-0.05, 0) is 29.7 Å². The van der Waals surface area contributed by atoms with Crippen LogP contribution in [0.5, 0.6) is 5.75 Å². The Morgan fingerprint density at radius 2 is 2.00 bits per heavy atom. The number of nitrogens with two attached hydrogens (primary N) is 1. The van der Waals surface area contributed by atoms with Gasteiger partial charge in [-0.3, -0.25) is 0 Å². The van der Waals surface area contributed by atoms with Crippen molar-refractivity contribution < 1.29 is 8.85 Å². The molecule has 0 fully saturated rings. The second-order valence-electron chi connectivity index (χ2n) is 7.64. The minimum absolute atomic E-state index is 0.00672. The number of ether oxygens (including phenoxy) is 1. The van der Waals surface area contributed by atoms with Crippen LogP contribution in [0.25, 0.3) is 5.69 Å². The van der Waals surface area contributed by atoms with Crippen LogP contribution in [0, 0.1) is 0 Å². The lowest BCUT2D eigenvalue weighted by atomic mass is 9.90. The second kappa shape index (κ2) is 8.16. The van der Waals surface area contributed by atoms with E-state index in [1.807, 2.05) is 48.5 Å². The number of anilines is 2. The molecule has 8 heteroatoms. The van der Waals surface area contributed by atoms with Crippen molar-refractivity contribution in [3.05, 3.63) is 88.6 Å². The molecule has 1 aliphatic rings. The Hall–Kier alpha value is -3.58. The predicted octanol–water partition coefficient (Wildman–Crippen LogP) is 4.62. The molecule has 162 valence electrons. The number of imidazole rings is 1. The highest BCUT2D eigenvalue weighted by Gasteiger charge is 2.37. The maximum atomic E-state index is 7.54. The van der Waals surface area contributed by atoms with E-state index in [4.69, 9.17) is 26.2 Å². The number of rotatable bonds is 5. The van der Waals surface area contributed by atoms with Gasteiger partial charge in [0.15, 0.2) is 0 Å². The number of nitrogen functional groups attached to an aromatic ring is 1. The molecule has 32 heavy (non-hydrogen) atoms. The van der Waals surface area contributed by atoms with Crippen LogP contribution in [0.2, 0.25) is 5.15 Å². The first-order valence-corrected chi connectivity index (χ1v) is 10.5. The summed E-state index contributed by atoms with van der Waals surface area (Å²) >= 11 is 6.00. The predicted molar refractivity (Wildman–Crippen MR) is 126 cm³/mol. The summed E-state index contributed by atoms with van der Waals surface area (Å²) in [6.45, 7) is -2.43. The van der Waals surface area contributed by atoms with Crippen LogP contribution in [0.1, 0.15) is 44.8 Å². The maximum Gasteiger partial charge on any atom is 0.224 e. The van der Waals surface area contributed by atoms with Crippen molar-refractivity contribution in [3.8, 4) is 11.4 Å². The maximum absolute atomic E-state index is 7.54. The molecule has 2 aromatic heterocycles. The fourth-order valence-electron chi connectivity index (χ4n) is 4.49. The molecule has 3 N–H and O–H groups in total. The van der Waals surface area contributed by atoms with Crippen LogP contribution >= 0.6 is 11.6 Å². The number of benzene rings is 2. The van der Waals surface area contributed by atoms with E-state index in [1.165, 1.54) is 0 Å². The zero-order valence-corrected chi connectivity index (χ0v) is 18.0. The average molecular weight is 450 g/mol. The molecule has 0 amide bonds. The van der Waals surface area contributed by atoms with Crippen LogP contribution in [0.4, 0.5) is 11.8 Å². The molecule has 0 saturated carbocycles. The Bertz CT molecular complexity index is 1380. The molecule has 0 aliphatic heterocycles. The van der Waals surface area contributed by atoms with Gasteiger partial charge in [-0.1, -0.05) is 48.0 Å². The number of nitrogens with one attached hydrogen (secondary N) is 1. The quantitative estimate of drug-likeness (QED) is 0.462. The van der Waals surface area contributed by atoms with Crippen molar-refractivity contribution >= 4 is 23.4 Å². The summed E-state index contributed by atoms with van der Waals surface area (Å²) < 4.78 is 30.1. The molecule has 4 aromatic rings. The molecule has 1 aliphatic carbocycles. The van der Waals surface area contributed by atoms with E-state index in [-0.39, 0.29) is 23.6 Å². The van der Waals surface area contributed by atoms with Crippen LogP contribution < -0.4 is 15.8 Å². The number of hydrogen-bond acceptors (Lipinski definition) is 6. The monoisotopic (exact) mass is 449 g/mol. The number of hydrogen-bond donors (Lipinski definition) is 2. The summed E-state index contributed by atoms with van der Waals surface area (Å²) in [5.41, 5.74) is 10.8. The topological polar surface area (TPSA) is 90.9 Å². The highest BCUT2D eigenvalue weighted by Crippen LogP contribution is 2.50. The summed E-state index contributed by atoms with van der Waals surface area (Å²) in [6.07, 6.45) is 4.04. The van der Waals surface area contributed by atoms with Gasteiger partial charge in [-0.25, -0.2) is 9.97 Å². The van der Waals surface area contributed by atoms with Crippen LogP contribution in [0.15, 0.2) is 61.1 Å². The average Bonchev–Trinajstić information content (AvgIpc) is 3.42. The number of aromatic nitrogens is 4. The van der Waals surface area contributed by atoms with Crippen molar-refractivity contribution in [1.29, 1.82) is 0 Å². The Morgan fingerprint density at radius 3 is 2.72 bits per heavy atom. The number of halogens is 1. The standard InChI is InChI=1S/C24H23ClN6O/c1-27-24-29-22-17(14-6-4-3-5-7-14)11-16(21(22)23(26)30-24)15-8-9-18(19(10-15)32-2)31-12-20(25)28-13-31/h3-10,12-13,16-17H,11H2,1-2H3,(H3,26,27,29,30)/i1D3. The van der Waals surface area contributed by atoms with E-state index < -0.39 is 6.98 Å². The minimum Gasteiger partial charge on any atom is -0.495 e. The summed E-state index contributed by atoms with van der Waals surface area (Å²) in [7, 11) is 1.61. The SMILES string of the molecule is [2H]C([2H])([2H])Nc1nc(N)c2c(n1)C(c1ccccc1)CC2c1ccc(-n2cnc(Cl)c2)c(OC)c1. The highest BCUT2D eigenvalue weighted by atomic mass is 35.5. The lowest BCUT2D eigenvalue weighted by Gasteiger charge is -2.17. The van der Waals surface area contributed by atoms with Crippen molar-refractivity contribution in [2.75, 3.05) is 25.1 Å². The molecular weight excluding hydrogens is 424 g/mol. The Kier molecular flexibility index (Phi) is 4.35. The van der Waals surface area contributed by atoms with Gasteiger partial charge >= 0.3 is 0 Å². The van der Waals surface area contributed by atoms with Crippen molar-refractivity contribution in [3.63, 3.8) is 0 Å². The van der Waals surface area contributed by atoms with Gasteiger partial charge in [-0.15, -0.1) is 0 Å². The Labute approximate surface area is 195 Å². The molecule has 0 bridgehead atoms. The van der Waals surface area contributed by atoms with Gasteiger partial charge in [-0.2, -0.15) is 4.98 Å². The molecule has 0 radical (unpaired) electrons. The van der Waals surface area contributed by atoms with Gasteiger partial charge in [0.1, 0.15) is 23.0 Å². The van der Waals surface area contributed by atoms with E-state index in [0.717, 1.165) is 28.1 Å². The van der Waals surface area contributed by atoms with E-state index >= 15 is 0 Å². The van der Waals surface area contributed by atoms with Gasteiger partial charge in [0, 0.05) is 34.7 Å². The van der Waals surface area contributed by atoms with E-state index in [0.29, 0.717) is 17.3 Å². The van der Waals surface area contributed by atoms with Gasteiger partial charge < -0.3 is 20.4 Å². The summed E-state index contributed by atoms with van der Waals surface area (Å²) in [4.78, 5) is 13.0. The molecule has 0 spiro atoms. The zero-order chi connectivity index (χ0) is 24.7. The molecule has 7 nitrogen and oxygen atoms in total. The van der Waals surface area contributed by atoms with Gasteiger partial charge in [0.05, 0.1) is 18.5 Å². The first-order valence-electron chi connectivity index (χ1n) is 11.6. The molecular formula is C24H23ClN6O. The number of nitrogens with zero attached hydrogens (tertiary/aromatic N) is 4. The van der Waals surface area contributed by atoms with E-state index in [1.54, 1.807) is 24.2 Å². The largest absolute Gasteiger partial charge is 0.495 e. The summed E-state index contributed by atoms with van der Waals surface area (Å²) in [5, 5.41) is 2.77. The fourth-order valence-corrected chi connectivity index (χ4v) is 4.63. The first-order chi connectivity index (χ1) is 16.7. The van der Waals surface area contributed by atoms with Crippen molar-refractivity contribution in [2.24, 2.45) is 0 Å². The van der Waals surface area contributed by atoms with Crippen LogP contribution in [-0.2, 0) is 0 Å². The Morgan fingerprint density at radius 1 is 1.16 bits per heavy atom. The zero-order valence-electron chi connectivity index (χ0n) is 20.3. The summed E-state index contributed by atoms with van der Waals surface area (Å²) in [5.74, 6) is 0.729. The normalized spacial score (nSPS) is 19.0. The lowest BCUT2D eigenvalue weighted by molar-refractivity contribution is 0.412. The molecule has 5 rings (SSSR count). The van der Waals surface area contributed by atoms with Crippen molar-refractivity contribution in [1.82, 2.24) is 19.5 Å². The van der Waals surface area contributed by atoms with Crippen LogP contribution in [-0.4, -0.2) is 33.6 Å². The highest BCUT2D eigenvalue weighted by molar-refractivity contribution is 6.29. The fraction of sp³-hybridized carbons (Fsp3) is 0.208. The third-order valence-corrected chi connectivity index (χ3v) is 6.10. The number of fused-ring (bicyclic) bond motifs is 1. The molecule has 2 heterocycles. The first kappa shape index (κ1) is 17.0. The van der Waals surface area contributed by atoms with Crippen molar-refractivity contribution in [2.45, 2.75) is 18.3 Å². The molecule has 2 aromatic carbocycles. The lowest BCUT2D eigenvalue weighted by Crippen LogP contribution is -2.08. The third-order valence-electron chi connectivity index (χ3n) is 5.90. The smallest absolute Gasteiger partial charge is 0.224 e. The molecule has 2 atom stereocenters. The van der Waals surface area contributed by atoms with E-state index in [2.05, 4.69) is 20.3 Å². The number of methoxy groups -OCH3 is 1. The summed E-state index contributed by atoms with van der Waals surface area (Å²) in [6, 6.07) is 15.9. The molecule has 0 saturated heterocycles.